The standard InChI is InChI=1S/C51H43N5/c1-5-16-36(17-6-1)45-34-52-56-47(45)44-25-14-13-24-42(33-44)46(48(56)37-18-7-2-8-19-37)43-27-15-26-41(32-43)35-28-30-40(31-29-35)51-54-49(38-20-9-3-10-21-38)53-50(55-51)39-22-11-4-12-23-39/h1-14,16-26,28,30-32,35,42,44,52H,15,27,29,33-34H2. The number of benzene rings is 4. The van der Waals surface area contributed by atoms with Gasteiger partial charge in [0, 0.05) is 46.7 Å². The number of fused-ring (bicyclic) bond motifs is 4. The van der Waals surface area contributed by atoms with Gasteiger partial charge in [0.2, 0.25) is 0 Å². The van der Waals surface area contributed by atoms with Gasteiger partial charge in [-0.2, -0.15) is 0 Å². The van der Waals surface area contributed by atoms with Gasteiger partial charge in [0.25, 0.3) is 0 Å². The van der Waals surface area contributed by atoms with E-state index in [9.17, 15) is 0 Å². The highest BCUT2D eigenvalue weighted by Gasteiger charge is 2.39. The van der Waals surface area contributed by atoms with Gasteiger partial charge in [-0.15, -0.1) is 0 Å². The number of hydrogen-bond donors (Lipinski definition) is 1. The Kier molecular flexibility index (Phi) is 9.14. The number of allylic oxidation sites excluding steroid dienone is 13. The largest absolute Gasteiger partial charge is 0.279 e. The van der Waals surface area contributed by atoms with Crippen LogP contribution < -0.4 is 5.43 Å². The summed E-state index contributed by atoms with van der Waals surface area (Å²) in [6.07, 6.45) is 25.2. The molecule has 5 aromatic rings. The molecule has 10 rings (SSSR count). The molecule has 0 radical (unpaired) electrons. The van der Waals surface area contributed by atoms with Crippen molar-refractivity contribution in [2.45, 2.75) is 25.7 Å². The molecular weight excluding hydrogens is 683 g/mol. The van der Waals surface area contributed by atoms with E-state index in [1.807, 2.05) is 36.4 Å². The van der Waals surface area contributed by atoms with Crippen molar-refractivity contribution in [2.24, 2.45) is 17.8 Å². The van der Waals surface area contributed by atoms with Crippen LogP contribution in [0.15, 0.2) is 198 Å². The van der Waals surface area contributed by atoms with Crippen LogP contribution in [0.4, 0.5) is 0 Å². The van der Waals surface area contributed by atoms with Crippen molar-refractivity contribution in [3.8, 4) is 22.8 Å². The quantitative estimate of drug-likeness (QED) is 0.181. The van der Waals surface area contributed by atoms with Gasteiger partial charge in [-0.3, -0.25) is 5.01 Å². The first-order chi connectivity index (χ1) is 27.8. The molecule has 272 valence electrons. The van der Waals surface area contributed by atoms with Gasteiger partial charge in [0.05, 0.1) is 5.70 Å². The Bertz CT molecular complexity index is 2460. The summed E-state index contributed by atoms with van der Waals surface area (Å²) in [5.41, 5.74) is 17.7. The zero-order valence-corrected chi connectivity index (χ0v) is 31.3. The second-order valence-electron chi connectivity index (χ2n) is 15.1. The van der Waals surface area contributed by atoms with E-state index in [2.05, 4.69) is 150 Å². The number of nitrogens with zero attached hydrogens (tertiary/aromatic N) is 4. The van der Waals surface area contributed by atoms with Crippen LogP contribution in [-0.4, -0.2) is 26.5 Å². The molecule has 4 aromatic carbocycles. The molecular formula is C51H43N5. The first-order valence-corrected chi connectivity index (χ1v) is 19.9. The average Bonchev–Trinajstić information content (AvgIpc) is 3.50. The van der Waals surface area contributed by atoms with Crippen molar-refractivity contribution in [1.29, 1.82) is 0 Å². The first-order valence-electron chi connectivity index (χ1n) is 19.9. The zero-order valence-electron chi connectivity index (χ0n) is 31.3. The molecule has 5 heteroatoms. The Labute approximate surface area is 329 Å². The summed E-state index contributed by atoms with van der Waals surface area (Å²) < 4.78 is 0. The Hall–Kier alpha value is -6.43. The summed E-state index contributed by atoms with van der Waals surface area (Å²) in [6, 6.07) is 42.3. The molecule has 0 amide bonds. The number of hydrazine groups is 1. The summed E-state index contributed by atoms with van der Waals surface area (Å²) >= 11 is 0. The number of hydrogen-bond acceptors (Lipinski definition) is 5. The maximum Gasteiger partial charge on any atom is 0.164 e. The van der Waals surface area contributed by atoms with E-state index < -0.39 is 0 Å². The summed E-state index contributed by atoms with van der Waals surface area (Å²) in [7, 11) is 0. The predicted octanol–water partition coefficient (Wildman–Crippen LogP) is 11.2. The second-order valence-corrected chi connectivity index (χ2v) is 15.1. The third-order valence-corrected chi connectivity index (χ3v) is 11.6. The van der Waals surface area contributed by atoms with E-state index in [-0.39, 0.29) is 11.8 Å². The third kappa shape index (κ3) is 6.54. The van der Waals surface area contributed by atoms with E-state index in [1.165, 1.54) is 44.8 Å². The molecule has 3 atom stereocenters. The molecule has 5 nitrogen and oxygen atoms in total. The average molecular weight is 726 g/mol. The highest BCUT2D eigenvalue weighted by molar-refractivity contribution is 5.81. The lowest BCUT2D eigenvalue weighted by atomic mass is 9.78. The molecule has 0 fully saturated rings. The van der Waals surface area contributed by atoms with E-state index in [1.54, 1.807) is 0 Å². The van der Waals surface area contributed by atoms with Crippen molar-refractivity contribution in [1.82, 2.24) is 25.4 Å². The first kappa shape index (κ1) is 34.1. The molecule has 56 heavy (non-hydrogen) atoms. The smallest absolute Gasteiger partial charge is 0.164 e. The van der Waals surface area contributed by atoms with Gasteiger partial charge in [-0.25, -0.2) is 20.4 Å². The van der Waals surface area contributed by atoms with Crippen LogP contribution >= 0.6 is 0 Å². The minimum atomic E-state index is 0.272. The molecule has 3 heterocycles. The van der Waals surface area contributed by atoms with Gasteiger partial charge in [0.15, 0.2) is 17.5 Å². The topological polar surface area (TPSA) is 53.9 Å². The number of aromatic nitrogens is 3. The number of rotatable bonds is 7. The van der Waals surface area contributed by atoms with Crippen LogP contribution in [0.1, 0.15) is 42.6 Å². The summed E-state index contributed by atoms with van der Waals surface area (Å²) in [5.74, 6) is 2.92. The Morgan fingerprint density at radius 1 is 0.571 bits per heavy atom. The van der Waals surface area contributed by atoms with Crippen molar-refractivity contribution in [2.75, 3.05) is 6.54 Å². The van der Waals surface area contributed by atoms with Crippen LogP contribution in [0.25, 0.3) is 39.6 Å². The molecule has 1 aromatic heterocycles. The van der Waals surface area contributed by atoms with Crippen molar-refractivity contribution < 1.29 is 0 Å². The fourth-order valence-electron chi connectivity index (χ4n) is 8.93. The molecule has 2 bridgehead atoms. The summed E-state index contributed by atoms with van der Waals surface area (Å²) in [6.45, 7) is 0.804. The lowest BCUT2D eigenvalue weighted by molar-refractivity contribution is 0.377. The molecule has 5 aliphatic rings. The predicted molar refractivity (Wildman–Crippen MR) is 228 cm³/mol. The SMILES string of the molecule is C1=CC2CC(C=C1)C1=C(c3ccccc3)CNN1C(c1ccccc1)=C2C1=CC(C2C=CC(c3nc(-c4ccccc4)nc(-c4ccccc4)n3)=CC2)=CCC1. The molecule has 0 spiro atoms. The fourth-order valence-corrected chi connectivity index (χ4v) is 8.93. The van der Waals surface area contributed by atoms with Gasteiger partial charge < -0.3 is 0 Å². The Morgan fingerprint density at radius 2 is 1.16 bits per heavy atom. The van der Waals surface area contributed by atoms with Gasteiger partial charge in [0.1, 0.15) is 0 Å². The minimum absolute atomic E-state index is 0.272. The molecule has 1 N–H and O–H groups in total. The van der Waals surface area contributed by atoms with Crippen molar-refractivity contribution in [3.05, 3.63) is 215 Å². The van der Waals surface area contributed by atoms with Crippen LogP contribution in [0.5, 0.6) is 0 Å². The molecule has 3 unspecified atom stereocenters. The molecule has 3 aliphatic carbocycles. The Morgan fingerprint density at radius 3 is 1.79 bits per heavy atom. The second kappa shape index (κ2) is 15.0. The monoisotopic (exact) mass is 725 g/mol. The van der Waals surface area contributed by atoms with Crippen LogP contribution in [-0.2, 0) is 0 Å². The molecule has 0 saturated heterocycles. The molecule has 0 saturated carbocycles. The number of nitrogens with one attached hydrogen (secondary N) is 1. The maximum absolute atomic E-state index is 5.00. The van der Waals surface area contributed by atoms with E-state index in [0.29, 0.717) is 23.4 Å². The summed E-state index contributed by atoms with van der Waals surface area (Å²) in [4.78, 5) is 14.9. The van der Waals surface area contributed by atoms with E-state index >= 15 is 0 Å². The lowest BCUT2D eigenvalue weighted by Crippen LogP contribution is -2.32. The van der Waals surface area contributed by atoms with Gasteiger partial charge in [-0.1, -0.05) is 176 Å². The molecule has 2 aliphatic heterocycles. The van der Waals surface area contributed by atoms with Crippen LogP contribution in [0.3, 0.4) is 0 Å². The van der Waals surface area contributed by atoms with Crippen molar-refractivity contribution >= 4 is 16.8 Å². The third-order valence-electron chi connectivity index (χ3n) is 11.6. The highest BCUT2D eigenvalue weighted by Crippen LogP contribution is 2.49. The summed E-state index contributed by atoms with van der Waals surface area (Å²) in [5, 5.41) is 2.46. The highest BCUT2D eigenvalue weighted by atomic mass is 15.5. The van der Waals surface area contributed by atoms with E-state index in [0.717, 1.165) is 48.9 Å². The minimum Gasteiger partial charge on any atom is -0.279 e. The van der Waals surface area contributed by atoms with E-state index in [4.69, 9.17) is 15.0 Å². The lowest BCUT2D eigenvalue weighted by Gasteiger charge is -2.31. The fraction of sp³-hybridized carbons (Fsp3) is 0.157. The normalized spacial score (nSPS) is 21.6. The Balaban J connectivity index is 1.01. The zero-order chi connectivity index (χ0) is 37.3. The van der Waals surface area contributed by atoms with Crippen LogP contribution in [0.2, 0.25) is 0 Å². The maximum atomic E-state index is 5.00. The van der Waals surface area contributed by atoms with Gasteiger partial charge in [-0.05, 0) is 59.1 Å². The van der Waals surface area contributed by atoms with Gasteiger partial charge >= 0.3 is 0 Å². The van der Waals surface area contributed by atoms with Crippen molar-refractivity contribution in [3.63, 3.8) is 0 Å². The van der Waals surface area contributed by atoms with Crippen LogP contribution in [0, 0.1) is 17.8 Å².